The van der Waals surface area contributed by atoms with Gasteiger partial charge in [0.25, 0.3) is 10.0 Å². The third-order valence-corrected chi connectivity index (χ3v) is 4.99. The molecule has 5 nitrogen and oxygen atoms in total. The normalized spacial score (nSPS) is 10.8. The summed E-state index contributed by atoms with van der Waals surface area (Å²) in [5, 5.41) is 8.75. The second-order valence-corrected chi connectivity index (χ2v) is 6.46. The van der Waals surface area contributed by atoms with Crippen molar-refractivity contribution in [3.05, 3.63) is 53.1 Å². The second kappa shape index (κ2) is 6.08. The number of sulfonamides is 1. The first kappa shape index (κ1) is 15.9. The zero-order chi connectivity index (χ0) is 16.3. The van der Waals surface area contributed by atoms with Gasteiger partial charge < -0.3 is 4.74 Å². The van der Waals surface area contributed by atoms with E-state index in [4.69, 9.17) is 10.00 Å². The molecule has 0 aromatic heterocycles. The number of hydrogen-bond donors (Lipinski definition) is 1. The summed E-state index contributed by atoms with van der Waals surface area (Å²) in [6, 6.07) is 11.4. The predicted octanol–water partition coefficient (Wildman–Crippen LogP) is 2.98. The molecule has 0 aliphatic rings. The van der Waals surface area contributed by atoms with Crippen LogP contribution in [0, 0.1) is 25.2 Å². The van der Waals surface area contributed by atoms with Crippen LogP contribution in [-0.2, 0) is 10.0 Å². The van der Waals surface area contributed by atoms with E-state index in [-0.39, 0.29) is 4.90 Å². The van der Waals surface area contributed by atoms with Crippen molar-refractivity contribution < 1.29 is 13.2 Å². The standard InChI is InChI=1S/C16H16N2O3S/c1-11-12(2)16(9-8-15(11)21-3)22(19,20)18-14-6-4-13(10-17)5-7-14/h4-9,18H,1-3H3. The van der Waals surface area contributed by atoms with Gasteiger partial charge in [-0.1, -0.05) is 0 Å². The molecule has 2 rings (SSSR count). The highest BCUT2D eigenvalue weighted by Gasteiger charge is 2.19. The fourth-order valence-electron chi connectivity index (χ4n) is 2.11. The lowest BCUT2D eigenvalue weighted by atomic mass is 10.1. The topological polar surface area (TPSA) is 79.2 Å². The van der Waals surface area contributed by atoms with Gasteiger partial charge in [-0.05, 0) is 61.4 Å². The minimum Gasteiger partial charge on any atom is -0.496 e. The maximum atomic E-state index is 12.5. The summed E-state index contributed by atoms with van der Waals surface area (Å²) in [6.07, 6.45) is 0. The molecule has 22 heavy (non-hydrogen) atoms. The number of nitriles is 1. The molecule has 0 spiro atoms. The molecule has 114 valence electrons. The maximum Gasteiger partial charge on any atom is 0.262 e. The van der Waals surface area contributed by atoms with E-state index in [0.29, 0.717) is 22.6 Å². The Morgan fingerprint density at radius 3 is 2.23 bits per heavy atom. The van der Waals surface area contributed by atoms with Gasteiger partial charge >= 0.3 is 0 Å². The highest BCUT2D eigenvalue weighted by Crippen LogP contribution is 2.28. The highest BCUT2D eigenvalue weighted by molar-refractivity contribution is 7.92. The van der Waals surface area contributed by atoms with E-state index < -0.39 is 10.0 Å². The molecule has 0 atom stereocenters. The number of nitrogens with one attached hydrogen (secondary N) is 1. The monoisotopic (exact) mass is 316 g/mol. The van der Waals surface area contributed by atoms with E-state index in [2.05, 4.69) is 4.72 Å². The summed E-state index contributed by atoms with van der Waals surface area (Å²) < 4.78 is 32.7. The van der Waals surface area contributed by atoms with E-state index in [1.807, 2.05) is 13.0 Å². The fraction of sp³-hybridized carbons (Fsp3) is 0.188. The van der Waals surface area contributed by atoms with Crippen molar-refractivity contribution in [2.24, 2.45) is 0 Å². The smallest absolute Gasteiger partial charge is 0.262 e. The molecule has 6 heteroatoms. The van der Waals surface area contributed by atoms with E-state index >= 15 is 0 Å². The van der Waals surface area contributed by atoms with Gasteiger partial charge in [-0.25, -0.2) is 8.42 Å². The van der Waals surface area contributed by atoms with E-state index in [0.717, 1.165) is 5.56 Å². The third-order valence-electron chi connectivity index (χ3n) is 3.46. The Labute approximate surface area is 130 Å². The van der Waals surface area contributed by atoms with Crippen molar-refractivity contribution in [3.63, 3.8) is 0 Å². The molecule has 0 aliphatic heterocycles. The first-order valence-corrected chi connectivity index (χ1v) is 8.04. The number of benzene rings is 2. The van der Waals surface area contributed by atoms with Gasteiger partial charge in [-0.15, -0.1) is 0 Å². The number of anilines is 1. The van der Waals surface area contributed by atoms with Crippen LogP contribution < -0.4 is 9.46 Å². The van der Waals surface area contributed by atoms with Gasteiger partial charge in [0.05, 0.1) is 23.6 Å². The second-order valence-electron chi connectivity index (χ2n) is 4.81. The molecule has 0 radical (unpaired) electrons. The largest absolute Gasteiger partial charge is 0.496 e. The van der Waals surface area contributed by atoms with Gasteiger partial charge in [-0.3, -0.25) is 4.72 Å². The molecule has 0 amide bonds. The van der Waals surface area contributed by atoms with Gasteiger partial charge in [0, 0.05) is 5.69 Å². The molecule has 0 saturated heterocycles. The third kappa shape index (κ3) is 3.05. The molecule has 0 bridgehead atoms. The van der Waals surface area contributed by atoms with Crippen LogP contribution in [0.1, 0.15) is 16.7 Å². The molecule has 0 aliphatic carbocycles. The molecule has 0 fully saturated rings. The van der Waals surface area contributed by atoms with Gasteiger partial charge in [0.15, 0.2) is 0 Å². The molecule has 0 heterocycles. The zero-order valence-corrected chi connectivity index (χ0v) is 13.4. The molecular formula is C16H16N2O3S. The minimum atomic E-state index is -3.70. The van der Waals surface area contributed by atoms with Crippen molar-refractivity contribution in [1.82, 2.24) is 0 Å². The summed E-state index contributed by atoms with van der Waals surface area (Å²) in [6.45, 7) is 3.56. The van der Waals surface area contributed by atoms with Crippen LogP contribution in [0.2, 0.25) is 0 Å². The minimum absolute atomic E-state index is 0.204. The van der Waals surface area contributed by atoms with Crippen LogP contribution in [-0.4, -0.2) is 15.5 Å². The van der Waals surface area contributed by atoms with Crippen molar-refractivity contribution in [2.75, 3.05) is 11.8 Å². The Kier molecular flexibility index (Phi) is 4.38. The SMILES string of the molecule is COc1ccc(S(=O)(=O)Nc2ccc(C#N)cc2)c(C)c1C. The van der Waals surface area contributed by atoms with Gasteiger partial charge in [0.1, 0.15) is 5.75 Å². The Morgan fingerprint density at radius 1 is 1.05 bits per heavy atom. The zero-order valence-electron chi connectivity index (χ0n) is 12.5. The number of methoxy groups -OCH3 is 1. The molecule has 1 N–H and O–H groups in total. The van der Waals surface area contributed by atoms with Crippen LogP contribution in [0.3, 0.4) is 0 Å². The number of nitrogens with zero attached hydrogens (tertiary/aromatic N) is 1. The Balaban J connectivity index is 2.38. The summed E-state index contributed by atoms with van der Waals surface area (Å²) >= 11 is 0. The Bertz CT molecular complexity index is 835. The number of hydrogen-bond acceptors (Lipinski definition) is 4. The summed E-state index contributed by atoms with van der Waals surface area (Å²) in [5.41, 5.74) is 2.30. The average Bonchev–Trinajstić information content (AvgIpc) is 2.50. The van der Waals surface area contributed by atoms with Crippen LogP contribution in [0.15, 0.2) is 41.3 Å². The highest BCUT2D eigenvalue weighted by atomic mass is 32.2. The molecule has 2 aromatic rings. The predicted molar refractivity (Wildman–Crippen MR) is 84.4 cm³/mol. The van der Waals surface area contributed by atoms with Crippen molar-refractivity contribution in [3.8, 4) is 11.8 Å². The van der Waals surface area contributed by atoms with Gasteiger partial charge in [0.2, 0.25) is 0 Å². The van der Waals surface area contributed by atoms with Crippen molar-refractivity contribution in [1.29, 1.82) is 5.26 Å². The summed E-state index contributed by atoms with van der Waals surface area (Å²) in [4.78, 5) is 0.204. The van der Waals surface area contributed by atoms with E-state index in [1.165, 1.54) is 6.07 Å². The molecule has 0 saturated carbocycles. The quantitative estimate of drug-likeness (QED) is 0.940. The summed E-state index contributed by atoms with van der Waals surface area (Å²) in [5.74, 6) is 0.648. The lowest BCUT2D eigenvalue weighted by molar-refractivity contribution is 0.411. The fourth-order valence-corrected chi connectivity index (χ4v) is 3.47. The van der Waals surface area contributed by atoms with Crippen LogP contribution in [0.5, 0.6) is 5.75 Å². The Hall–Kier alpha value is -2.52. The lowest BCUT2D eigenvalue weighted by Crippen LogP contribution is -2.15. The molecule has 2 aromatic carbocycles. The average molecular weight is 316 g/mol. The molecular weight excluding hydrogens is 300 g/mol. The first-order chi connectivity index (χ1) is 10.4. The lowest BCUT2D eigenvalue weighted by Gasteiger charge is -2.14. The number of ether oxygens (including phenoxy) is 1. The first-order valence-electron chi connectivity index (χ1n) is 6.56. The summed E-state index contributed by atoms with van der Waals surface area (Å²) in [7, 11) is -2.15. The molecule has 0 unspecified atom stereocenters. The maximum absolute atomic E-state index is 12.5. The number of rotatable bonds is 4. The van der Waals surface area contributed by atoms with Gasteiger partial charge in [-0.2, -0.15) is 5.26 Å². The van der Waals surface area contributed by atoms with Crippen molar-refractivity contribution >= 4 is 15.7 Å². The Morgan fingerprint density at radius 2 is 1.68 bits per heavy atom. The van der Waals surface area contributed by atoms with Crippen LogP contribution in [0.4, 0.5) is 5.69 Å². The van der Waals surface area contributed by atoms with Crippen LogP contribution >= 0.6 is 0 Å². The van der Waals surface area contributed by atoms with E-state index in [9.17, 15) is 8.42 Å². The van der Waals surface area contributed by atoms with E-state index in [1.54, 1.807) is 44.4 Å². The van der Waals surface area contributed by atoms with Crippen LogP contribution in [0.25, 0.3) is 0 Å². The van der Waals surface area contributed by atoms with Crippen molar-refractivity contribution in [2.45, 2.75) is 18.7 Å².